The Morgan fingerprint density at radius 2 is 1.85 bits per heavy atom. The summed E-state index contributed by atoms with van der Waals surface area (Å²) >= 11 is 0. The van der Waals surface area contributed by atoms with Crippen molar-refractivity contribution in [3.63, 3.8) is 0 Å². The van der Waals surface area contributed by atoms with Crippen LogP contribution in [0.3, 0.4) is 0 Å². The van der Waals surface area contributed by atoms with Gasteiger partial charge in [0, 0.05) is 53.3 Å². The molecule has 7 rings (SSSR count). The van der Waals surface area contributed by atoms with Gasteiger partial charge in [0.25, 0.3) is 0 Å². The van der Waals surface area contributed by atoms with Crippen LogP contribution in [-0.4, -0.2) is 54.1 Å². The first-order valence-electron chi connectivity index (χ1n) is 13.4. The molecule has 0 radical (unpaired) electrons. The van der Waals surface area contributed by atoms with Crippen molar-refractivity contribution in [1.29, 1.82) is 0 Å². The molecule has 198 valence electrons. The van der Waals surface area contributed by atoms with Crippen LogP contribution in [0.4, 0.5) is 5.69 Å². The number of nitrogens with zero attached hydrogens (tertiary/aromatic N) is 5. The van der Waals surface area contributed by atoms with E-state index in [0.29, 0.717) is 35.2 Å². The maximum absolute atomic E-state index is 12.7. The van der Waals surface area contributed by atoms with E-state index in [1.54, 1.807) is 24.8 Å². The van der Waals surface area contributed by atoms with Gasteiger partial charge in [0.15, 0.2) is 11.5 Å². The summed E-state index contributed by atoms with van der Waals surface area (Å²) in [5.41, 5.74) is 7.54. The molecule has 0 aliphatic carbocycles. The molecule has 1 aliphatic rings. The quantitative estimate of drug-likeness (QED) is 0.239. The molecular weight excluding hydrogens is 502 g/mol. The van der Waals surface area contributed by atoms with E-state index in [-0.39, 0.29) is 5.91 Å². The Hall–Kier alpha value is -4.96. The van der Waals surface area contributed by atoms with Gasteiger partial charge >= 0.3 is 0 Å². The number of imidazole rings is 1. The minimum atomic E-state index is 0.0302. The smallest absolute Gasteiger partial charge is 0.224 e. The number of aromatic nitrogens is 7. The molecule has 0 spiro atoms. The highest BCUT2D eigenvalue weighted by atomic mass is 16.1. The highest BCUT2D eigenvalue weighted by Gasteiger charge is 2.18. The van der Waals surface area contributed by atoms with Crippen LogP contribution < -0.4 is 10.6 Å². The topological polar surface area (TPSA) is 137 Å². The molecule has 10 heteroatoms. The van der Waals surface area contributed by atoms with E-state index in [0.717, 1.165) is 64.6 Å². The number of piperidine rings is 1. The van der Waals surface area contributed by atoms with E-state index in [1.165, 1.54) is 0 Å². The average Bonchev–Trinajstić information content (AvgIpc) is 3.62. The fourth-order valence-corrected chi connectivity index (χ4v) is 5.39. The molecule has 1 fully saturated rings. The summed E-state index contributed by atoms with van der Waals surface area (Å²) in [6, 6.07) is 13.9. The van der Waals surface area contributed by atoms with Crippen LogP contribution in [-0.2, 0) is 4.79 Å². The van der Waals surface area contributed by atoms with Crippen molar-refractivity contribution in [3.05, 3.63) is 73.4 Å². The Morgan fingerprint density at radius 1 is 0.950 bits per heavy atom. The van der Waals surface area contributed by atoms with E-state index in [1.807, 2.05) is 42.6 Å². The van der Waals surface area contributed by atoms with Crippen LogP contribution in [0, 0.1) is 5.92 Å². The van der Waals surface area contributed by atoms with Crippen LogP contribution in [0.1, 0.15) is 19.3 Å². The first kappa shape index (κ1) is 24.1. The van der Waals surface area contributed by atoms with Crippen LogP contribution in [0.2, 0.25) is 0 Å². The summed E-state index contributed by atoms with van der Waals surface area (Å²) in [6.07, 6.45) is 11.4. The number of pyridine rings is 3. The fraction of sp³-hybridized carbons (Fsp3) is 0.200. The third-order valence-corrected chi connectivity index (χ3v) is 7.44. The van der Waals surface area contributed by atoms with Crippen LogP contribution in [0.15, 0.2) is 73.4 Å². The Balaban J connectivity index is 1.19. The van der Waals surface area contributed by atoms with Gasteiger partial charge in [-0.15, -0.1) is 0 Å². The molecule has 0 saturated carbocycles. The number of benzene rings is 1. The summed E-state index contributed by atoms with van der Waals surface area (Å²) in [5, 5.41) is 15.0. The number of carbonyl (C=O) groups excluding carboxylic acids is 1. The molecule has 5 aromatic heterocycles. The molecule has 0 bridgehead atoms. The van der Waals surface area contributed by atoms with Crippen molar-refractivity contribution in [2.75, 3.05) is 18.4 Å². The molecule has 1 aromatic carbocycles. The van der Waals surface area contributed by atoms with Crippen molar-refractivity contribution >= 4 is 33.7 Å². The van der Waals surface area contributed by atoms with E-state index in [2.05, 4.69) is 46.8 Å². The lowest BCUT2D eigenvalue weighted by atomic mass is 9.94. The number of aromatic amines is 2. The van der Waals surface area contributed by atoms with Gasteiger partial charge in [0.2, 0.25) is 5.91 Å². The predicted molar refractivity (Wildman–Crippen MR) is 154 cm³/mol. The zero-order chi connectivity index (χ0) is 26.9. The third-order valence-electron chi connectivity index (χ3n) is 7.44. The Bertz CT molecular complexity index is 1820. The van der Waals surface area contributed by atoms with Crippen molar-refractivity contribution in [2.45, 2.75) is 19.3 Å². The summed E-state index contributed by atoms with van der Waals surface area (Å²) in [4.78, 5) is 34.0. The van der Waals surface area contributed by atoms with E-state index in [4.69, 9.17) is 4.98 Å². The van der Waals surface area contributed by atoms with Crippen molar-refractivity contribution in [3.8, 4) is 33.8 Å². The van der Waals surface area contributed by atoms with Gasteiger partial charge in [0.1, 0.15) is 5.69 Å². The number of rotatable bonds is 6. The van der Waals surface area contributed by atoms with E-state index in [9.17, 15) is 4.79 Å². The molecule has 0 atom stereocenters. The monoisotopic (exact) mass is 529 g/mol. The SMILES string of the molecule is O=C(CC1CCNCC1)Nc1cncc(-c2ccc3[nH]nc(-c4nc5nccc(-c6cccnc6)c5[nH]4)c3c2)c1. The molecule has 1 saturated heterocycles. The summed E-state index contributed by atoms with van der Waals surface area (Å²) in [7, 11) is 0. The normalized spacial score (nSPS) is 14.1. The van der Waals surface area contributed by atoms with Gasteiger partial charge in [-0.25, -0.2) is 9.97 Å². The Kier molecular flexibility index (Phi) is 6.21. The second kappa shape index (κ2) is 10.3. The van der Waals surface area contributed by atoms with Gasteiger partial charge < -0.3 is 15.6 Å². The molecule has 0 unspecified atom stereocenters. The number of fused-ring (bicyclic) bond motifs is 2. The van der Waals surface area contributed by atoms with Crippen molar-refractivity contribution in [2.24, 2.45) is 5.92 Å². The second-order valence-electron chi connectivity index (χ2n) is 10.1. The molecule has 10 nitrogen and oxygen atoms in total. The lowest BCUT2D eigenvalue weighted by molar-refractivity contribution is -0.117. The maximum Gasteiger partial charge on any atom is 0.224 e. The van der Waals surface area contributed by atoms with Gasteiger partial charge in [-0.3, -0.25) is 19.9 Å². The number of hydrogen-bond acceptors (Lipinski definition) is 7. The fourth-order valence-electron chi connectivity index (χ4n) is 5.39. The van der Waals surface area contributed by atoms with Crippen LogP contribution in [0.25, 0.3) is 55.8 Å². The highest BCUT2D eigenvalue weighted by Crippen LogP contribution is 2.32. The predicted octanol–water partition coefficient (Wildman–Crippen LogP) is 4.95. The highest BCUT2D eigenvalue weighted by molar-refractivity contribution is 5.98. The lowest BCUT2D eigenvalue weighted by Crippen LogP contribution is -2.30. The molecule has 4 N–H and O–H groups in total. The van der Waals surface area contributed by atoms with Crippen LogP contribution >= 0.6 is 0 Å². The van der Waals surface area contributed by atoms with Gasteiger partial charge in [-0.05, 0) is 67.7 Å². The van der Waals surface area contributed by atoms with E-state index >= 15 is 0 Å². The van der Waals surface area contributed by atoms with Gasteiger partial charge in [-0.1, -0.05) is 12.1 Å². The third kappa shape index (κ3) is 4.69. The molecule has 1 aliphatic heterocycles. The first-order chi connectivity index (χ1) is 19.7. The molecule has 6 heterocycles. The molecule has 1 amide bonds. The molecule has 40 heavy (non-hydrogen) atoms. The summed E-state index contributed by atoms with van der Waals surface area (Å²) in [6.45, 7) is 1.95. The maximum atomic E-state index is 12.7. The van der Waals surface area contributed by atoms with Crippen molar-refractivity contribution in [1.82, 2.24) is 40.4 Å². The average molecular weight is 530 g/mol. The molecular formula is C30H27N9O. The lowest BCUT2D eigenvalue weighted by Gasteiger charge is -2.21. The second-order valence-corrected chi connectivity index (χ2v) is 10.1. The van der Waals surface area contributed by atoms with E-state index < -0.39 is 0 Å². The van der Waals surface area contributed by atoms with Gasteiger partial charge in [0.05, 0.1) is 22.9 Å². The van der Waals surface area contributed by atoms with Crippen LogP contribution in [0.5, 0.6) is 0 Å². The summed E-state index contributed by atoms with van der Waals surface area (Å²) in [5.74, 6) is 1.08. The minimum absolute atomic E-state index is 0.0302. The number of anilines is 1. The molecule has 6 aromatic rings. The number of carbonyl (C=O) groups is 1. The largest absolute Gasteiger partial charge is 0.335 e. The zero-order valence-electron chi connectivity index (χ0n) is 21.7. The van der Waals surface area contributed by atoms with Crippen molar-refractivity contribution < 1.29 is 4.79 Å². The zero-order valence-corrected chi connectivity index (χ0v) is 21.7. The standard InChI is InChI=1S/C30H27N9O/c40-26(12-18-5-9-31-10-6-18)35-22-13-21(16-33-17-22)19-3-4-25-24(14-19)28(39-38-25)30-36-27-23(7-11-34-29(27)37-30)20-2-1-8-32-15-20/h1-4,7-8,11,13-18,31H,5-6,9-10,12H2,(H,35,40)(H,38,39)(H,34,36,37). The Labute approximate surface area is 229 Å². The number of amides is 1. The number of nitrogens with one attached hydrogen (secondary N) is 4. The first-order valence-corrected chi connectivity index (χ1v) is 13.4. The summed E-state index contributed by atoms with van der Waals surface area (Å²) < 4.78 is 0. The Morgan fingerprint density at radius 3 is 2.73 bits per heavy atom. The number of hydrogen-bond donors (Lipinski definition) is 4. The minimum Gasteiger partial charge on any atom is -0.335 e. The number of H-pyrrole nitrogens is 2. The van der Waals surface area contributed by atoms with Gasteiger partial charge in [-0.2, -0.15) is 5.10 Å².